The zero-order valence-electron chi connectivity index (χ0n) is 4.88. The number of rotatable bonds is 1. The summed E-state index contributed by atoms with van der Waals surface area (Å²) in [5.74, 6) is 0. The van der Waals surface area contributed by atoms with Crippen LogP contribution in [-0.2, 0) is 0 Å². The number of likely N-dealkylation sites (tertiary alicyclic amines) is 1. The Bertz CT molecular complexity index is 94.7. The molecule has 46 valence electrons. The molecular weight excluding hydrogens is 102 g/mol. The first-order valence-corrected chi connectivity index (χ1v) is 3.28. The summed E-state index contributed by atoms with van der Waals surface area (Å²) < 4.78 is 0. The molecule has 1 heterocycles. The van der Waals surface area contributed by atoms with Gasteiger partial charge >= 0.3 is 0 Å². The minimum Gasteiger partial charge on any atom is -0.390 e. The number of β-amino-alcohol motifs (C(OH)–C–C–N with tert-alkyl or cyclic N) is 1. The zero-order chi connectivity index (χ0) is 5.56. The van der Waals surface area contributed by atoms with Crippen LogP contribution in [-0.4, -0.2) is 35.2 Å². The molecule has 0 atom stereocenters. The molecule has 0 amide bonds. The highest BCUT2D eigenvalue weighted by Gasteiger charge is 2.36. The molecule has 1 saturated heterocycles. The normalized spacial score (nSPS) is 32.6. The number of hydrogen-bond donors (Lipinski definition) is 1. The largest absolute Gasteiger partial charge is 0.390 e. The maximum Gasteiger partial charge on any atom is 0.0794 e. The summed E-state index contributed by atoms with van der Waals surface area (Å²) in [6.07, 6.45) is 2.73. The predicted molar refractivity (Wildman–Crippen MR) is 30.6 cm³/mol. The van der Waals surface area contributed by atoms with Gasteiger partial charge in [-0.2, -0.15) is 0 Å². The van der Waals surface area contributed by atoms with Gasteiger partial charge in [0.15, 0.2) is 0 Å². The molecule has 1 N–H and O–H groups in total. The first-order chi connectivity index (χ1) is 3.86. The number of hydrogen-bond acceptors (Lipinski definition) is 2. The average molecular weight is 113 g/mol. The van der Waals surface area contributed by atoms with E-state index in [0.717, 1.165) is 19.1 Å². The first kappa shape index (κ1) is 4.77. The van der Waals surface area contributed by atoms with Gasteiger partial charge in [-0.15, -0.1) is 0 Å². The Morgan fingerprint density at radius 2 is 1.88 bits per heavy atom. The van der Waals surface area contributed by atoms with E-state index in [1.54, 1.807) is 0 Å². The fourth-order valence-corrected chi connectivity index (χ4v) is 1.23. The van der Waals surface area contributed by atoms with Crippen molar-refractivity contribution in [2.75, 3.05) is 13.1 Å². The number of nitrogens with zero attached hydrogens (tertiary/aromatic N) is 1. The summed E-state index contributed by atoms with van der Waals surface area (Å²) in [7, 11) is 0. The van der Waals surface area contributed by atoms with E-state index in [1.807, 2.05) is 0 Å². The number of aliphatic hydroxyl groups is 1. The monoisotopic (exact) mass is 113 g/mol. The zero-order valence-corrected chi connectivity index (χ0v) is 4.88. The highest BCUT2D eigenvalue weighted by atomic mass is 16.3. The third-order valence-corrected chi connectivity index (χ3v) is 1.95. The summed E-state index contributed by atoms with van der Waals surface area (Å²) in [5.41, 5.74) is 0. The van der Waals surface area contributed by atoms with Crippen molar-refractivity contribution in [3.63, 3.8) is 0 Å². The van der Waals surface area contributed by atoms with Crippen LogP contribution in [0.3, 0.4) is 0 Å². The maximum atomic E-state index is 8.85. The minimum absolute atomic E-state index is 0.00407. The first-order valence-electron chi connectivity index (χ1n) is 3.28. The molecule has 2 heteroatoms. The molecule has 2 aliphatic rings. The number of aliphatic hydroxyl groups excluding tert-OH is 1. The van der Waals surface area contributed by atoms with Crippen LogP contribution in [0.4, 0.5) is 0 Å². The van der Waals surface area contributed by atoms with E-state index >= 15 is 0 Å². The van der Waals surface area contributed by atoms with E-state index in [1.165, 1.54) is 12.8 Å². The lowest BCUT2D eigenvalue weighted by Crippen LogP contribution is -2.51. The summed E-state index contributed by atoms with van der Waals surface area (Å²) in [5, 5.41) is 8.85. The third-order valence-electron chi connectivity index (χ3n) is 1.95. The second-order valence-electron chi connectivity index (χ2n) is 2.84. The van der Waals surface area contributed by atoms with Gasteiger partial charge in [0.05, 0.1) is 6.10 Å². The van der Waals surface area contributed by atoms with Crippen molar-refractivity contribution in [2.45, 2.75) is 25.0 Å². The van der Waals surface area contributed by atoms with Crippen molar-refractivity contribution in [3.8, 4) is 0 Å². The molecule has 0 aromatic carbocycles. The molecule has 0 aromatic heterocycles. The molecule has 8 heavy (non-hydrogen) atoms. The van der Waals surface area contributed by atoms with Gasteiger partial charge in [0.2, 0.25) is 0 Å². The third kappa shape index (κ3) is 0.644. The molecule has 0 unspecified atom stereocenters. The summed E-state index contributed by atoms with van der Waals surface area (Å²) in [6, 6.07) is 0.860. The molecule has 2 fully saturated rings. The Balaban J connectivity index is 1.78. The highest BCUT2D eigenvalue weighted by molar-refractivity contribution is 4.92. The maximum absolute atomic E-state index is 8.85. The van der Waals surface area contributed by atoms with Gasteiger partial charge in [0.1, 0.15) is 0 Å². The summed E-state index contributed by atoms with van der Waals surface area (Å²) >= 11 is 0. The van der Waals surface area contributed by atoms with Gasteiger partial charge in [0.25, 0.3) is 0 Å². The quantitative estimate of drug-likeness (QED) is 0.510. The van der Waals surface area contributed by atoms with E-state index in [0.29, 0.717) is 0 Å². The van der Waals surface area contributed by atoms with Crippen molar-refractivity contribution in [1.82, 2.24) is 4.90 Å². The van der Waals surface area contributed by atoms with Crippen molar-refractivity contribution >= 4 is 0 Å². The van der Waals surface area contributed by atoms with E-state index in [-0.39, 0.29) is 6.10 Å². The standard InChI is InChI=1S/C6H11NO/c8-6-3-7(4-6)5-1-2-5/h5-6,8H,1-4H2. The SMILES string of the molecule is OC1CN(C2CC2)C1. The topological polar surface area (TPSA) is 23.5 Å². The van der Waals surface area contributed by atoms with Gasteiger partial charge in [-0.05, 0) is 12.8 Å². The van der Waals surface area contributed by atoms with Crippen molar-refractivity contribution in [1.29, 1.82) is 0 Å². The lowest BCUT2D eigenvalue weighted by atomic mass is 10.2. The Hall–Kier alpha value is -0.0800. The Labute approximate surface area is 49.1 Å². The van der Waals surface area contributed by atoms with Crippen LogP contribution in [0.1, 0.15) is 12.8 Å². The molecule has 0 aromatic rings. The Morgan fingerprint density at radius 1 is 1.25 bits per heavy atom. The predicted octanol–water partition coefficient (Wildman–Crippen LogP) is -0.175. The highest BCUT2D eigenvalue weighted by Crippen LogP contribution is 2.30. The Kier molecular flexibility index (Phi) is 0.866. The van der Waals surface area contributed by atoms with Crippen molar-refractivity contribution in [3.05, 3.63) is 0 Å². The average Bonchev–Trinajstić information content (AvgIpc) is 2.37. The van der Waals surface area contributed by atoms with Gasteiger partial charge in [-0.1, -0.05) is 0 Å². The van der Waals surface area contributed by atoms with Crippen LogP contribution in [0.15, 0.2) is 0 Å². The molecule has 0 spiro atoms. The van der Waals surface area contributed by atoms with Gasteiger partial charge in [-0.25, -0.2) is 0 Å². The van der Waals surface area contributed by atoms with Crippen molar-refractivity contribution in [2.24, 2.45) is 0 Å². The second kappa shape index (κ2) is 1.45. The summed E-state index contributed by atoms with van der Waals surface area (Å²) in [4.78, 5) is 2.35. The summed E-state index contributed by atoms with van der Waals surface area (Å²) in [6.45, 7) is 1.87. The second-order valence-corrected chi connectivity index (χ2v) is 2.84. The van der Waals surface area contributed by atoms with Crippen LogP contribution >= 0.6 is 0 Å². The lowest BCUT2D eigenvalue weighted by Gasteiger charge is -2.35. The van der Waals surface area contributed by atoms with Crippen LogP contribution in [0.5, 0.6) is 0 Å². The molecular formula is C6H11NO. The molecule has 2 rings (SSSR count). The van der Waals surface area contributed by atoms with Gasteiger partial charge in [0, 0.05) is 19.1 Å². The lowest BCUT2D eigenvalue weighted by molar-refractivity contribution is -0.00309. The molecule has 0 radical (unpaired) electrons. The molecule has 1 aliphatic carbocycles. The Morgan fingerprint density at radius 3 is 2.25 bits per heavy atom. The van der Waals surface area contributed by atoms with E-state index < -0.39 is 0 Å². The van der Waals surface area contributed by atoms with E-state index in [2.05, 4.69) is 4.90 Å². The fraction of sp³-hybridized carbons (Fsp3) is 1.00. The van der Waals surface area contributed by atoms with E-state index in [4.69, 9.17) is 5.11 Å². The molecule has 1 saturated carbocycles. The van der Waals surface area contributed by atoms with Gasteiger partial charge < -0.3 is 5.11 Å². The van der Waals surface area contributed by atoms with Crippen molar-refractivity contribution < 1.29 is 5.11 Å². The molecule has 0 bridgehead atoms. The minimum atomic E-state index is -0.00407. The van der Waals surface area contributed by atoms with E-state index in [9.17, 15) is 0 Å². The van der Waals surface area contributed by atoms with Crippen LogP contribution in [0, 0.1) is 0 Å². The molecule has 2 nitrogen and oxygen atoms in total. The fourth-order valence-electron chi connectivity index (χ4n) is 1.23. The van der Waals surface area contributed by atoms with Gasteiger partial charge in [-0.3, -0.25) is 4.90 Å². The van der Waals surface area contributed by atoms with Crippen LogP contribution < -0.4 is 0 Å². The molecule has 1 aliphatic heterocycles. The smallest absolute Gasteiger partial charge is 0.0794 e. The van der Waals surface area contributed by atoms with Crippen LogP contribution in [0.2, 0.25) is 0 Å². The van der Waals surface area contributed by atoms with Crippen LogP contribution in [0.25, 0.3) is 0 Å².